The van der Waals surface area contributed by atoms with E-state index in [4.69, 9.17) is 22.1 Å². The molecule has 0 aliphatic carbocycles. The predicted molar refractivity (Wildman–Crippen MR) is 69.8 cm³/mol. The van der Waals surface area contributed by atoms with Crippen molar-refractivity contribution in [1.29, 1.82) is 0 Å². The number of carbonyl (C=O) groups excluding carboxylic acids is 1. The van der Waals surface area contributed by atoms with Crippen molar-refractivity contribution >= 4 is 33.4 Å². The molecule has 0 saturated carbocycles. The molecule has 18 heavy (non-hydrogen) atoms. The zero-order valence-electron chi connectivity index (χ0n) is 8.93. The Labute approximate surface area is 116 Å². The molecule has 0 radical (unpaired) electrons. The summed E-state index contributed by atoms with van der Waals surface area (Å²) < 4.78 is 6.04. The number of amides is 1. The summed E-state index contributed by atoms with van der Waals surface area (Å²) in [7, 11) is 0. The van der Waals surface area contributed by atoms with Gasteiger partial charge in [-0.3, -0.25) is 4.79 Å². The third-order valence-corrected chi connectivity index (χ3v) is 2.74. The normalized spacial score (nSPS) is 10.1. The van der Waals surface area contributed by atoms with Gasteiger partial charge >= 0.3 is 0 Å². The van der Waals surface area contributed by atoms with Crippen LogP contribution in [0.4, 0.5) is 0 Å². The first-order valence-electron chi connectivity index (χ1n) is 4.82. The number of ether oxygens (including phenoxy) is 1. The minimum Gasteiger partial charge on any atom is -0.438 e. The molecule has 92 valence electrons. The van der Waals surface area contributed by atoms with Crippen LogP contribution in [0.5, 0.6) is 11.6 Å². The zero-order chi connectivity index (χ0) is 13.1. The molecule has 1 aromatic carbocycles. The molecule has 0 atom stereocenters. The van der Waals surface area contributed by atoms with E-state index in [1.807, 2.05) is 0 Å². The molecule has 0 fully saturated rings. The number of nitrogens with two attached hydrogens (primary N) is 1. The summed E-state index contributed by atoms with van der Waals surface area (Å²) in [5.41, 5.74) is 5.53. The summed E-state index contributed by atoms with van der Waals surface area (Å²) >= 11 is 8.90. The van der Waals surface area contributed by atoms with Crippen molar-refractivity contribution in [3.05, 3.63) is 45.8 Å². The molecule has 1 heterocycles. The van der Waals surface area contributed by atoms with Gasteiger partial charge in [0.05, 0.1) is 4.47 Å². The van der Waals surface area contributed by atoms with Crippen LogP contribution < -0.4 is 10.5 Å². The molecular formula is C11H7BrClN3O2. The Balaban J connectivity index is 2.31. The third kappa shape index (κ3) is 2.96. The number of hydrogen-bond acceptors (Lipinski definition) is 4. The Morgan fingerprint density at radius 2 is 2.22 bits per heavy atom. The van der Waals surface area contributed by atoms with Crippen LogP contribution in [0, 0.1) is 0 Å². The number of aromatic nitrogens is 2. The Hall–Kier alpha value is -1.66. The van der Waals surface area contributed by atoms with Crippen LogP contribution in [0.1, 0.15) is 10.4 Å². The molecule has 2 aromatic rings. The van der Waals surface area contributed by atoms with Crippen LogP contribution in [0.15, 0.2) is 34.9 Å². The van der Waals surface area contributed by atoms with Gasteiger partial charge in [0.25, 0.3) is 0 Å². The SMILES string of the molecule is NC(=O)c1cccc(Oc2nc(Cl)ncc2Br)c1. The lowest BCUT2D eigenvalue weighted by atomic mass is 10.2. The Morgan fingerprint density at radius 3 is 2.94 bits per heavy atom. The number of rotatable bonds is 3. The molecule has 2 N–H and O–H groups in total. The molecule has 0 saturated heterocycles. The summed E-state index contributed by atoms with van der Waals surface area (Å²) in [5, 5.41) is 0.0688. The van der Waals surface area contributed by atoms with E-state index in [9.17, 15) is 4.79 Å². The number of benzene rings is 1. The van der Waals surface area contributed by atoms with E-state index in [0.717, 1.165) is 0 Å². The van der Waals surface area contributed by atoms with Gasteiger partial charge in [0, 0.05) is 11.8 Å². The van der Waals surface area contributed by atoms with E-state index in [1.54, 1.807) is 18.2 Å². The van der Waals surface area contributed by atoms with Crippen molar-refractivity contribution in [3.63, 3.8) is 0 Å². The summed E-state index contributed by atoms with van der Waals surface area (Å²) in [5.74, 6) is 0.165. The first kappa shape index (κ1) is 12.8. The van der Waals surface area contributed by atoms with Gasteiger partial charge in [-0.15, -0.1) is 0 Å². The maximum atomic E-state index is 11.0. The largest absolute Gasteiger partial charge is 0.438 e. The number of halogens is 2. The maximum absolute atomic E-state index is 11.0. The van der Waals surface area contributed by atoms with Crippen molar-refractivity contribution < 1.29 is 9.53 Å². The van der Waals surface area contributed by atoms with Crippen LogP contribution >= 0.6 is 27.5 Å². The topological polar surface area (TPSA) is 78.1 Å². The van der Waals surface area contributed by atoms with Gasteiger partial charge in [0.15, 0.2) is 0 Å². The van der Waals surface area contributed by atoms with Crippen LogP contribution in [-0.2, 0) is 0 Å². The van der Waals surface area contributed by atoms with Crippen LogP contribution in [0.3, 0.4) is 0 Å². The van der Waals surface area contributed by atoms with Gasteiger partial charge in [-0.25, -0.2) is 4.98 Å². The molecule has 1 aromatic heterocycles. The highest BCUT2D eigenvalue weighted by Crippen LogP contribution is 2.28. The second kappa shape index (κ2) is 5.32. The van der Waals surface area contributed by atoms with E-state index in [2.05, 4.69) is 25.9 Å². The number of hydrogen-bond donors (Lipinski definition) is 1. The van der Waals surface area contributed by atoms with Crippen LogP contribution in [0.25, 0.3) is 0 Å². The van der Waals surface area contributed by atoms with Gasteiger partial charge in [-0.05, 0) is 45.7 Å². The quantitative estimate of drug-likeness (QED) is 0.879. The summed E-state index contributed by atoms with van der Waals surface area (Å²) in [6.45, 7) is 0. The highest BCUT2D eigenvalue weighted by molar-refractivity contribution is 9.10. The first-order valence-corrected chi connectivity index (χ1v) is 5.99. The van der Waals surface area contributed by atoms with E-state index < -0.39 is 5.91 Å². The minimum atomic E-state index is -0.528. The van der Waals surface area contributed by atoms with Gasteiger partial charge in [-0.2, -0.15) is 4.98 Å². The highest BCUT2D eigenvalue weighted by Gasteiger charge is 2.08. The fourth-order valence-electron chi connectivity index (χ4n) is 1.23. The summed E-state index contributed by atoms with van der Waals surface area (Å²) in [6, 6.07) is 6.45. The van der Waals surface area contributed by atoms with Crippen molar-refractivity contribution in [3.8, 4) is 11.6 Å². The standard InChI is InChI=1S/C11H7BrClN3O2/c12-8-5-15-11(13)16-10(8)18-7-3-1-2-6(4-7)9(14)17/h1-5H,(H2,14,17). The molecule has 0 spiro atoms. The Bertz CT molecular complexity index is 607. The number of carbonyl (C=O) groups is 1. The Morgan fingerprint density at radius 1 is 1.44 bits per heavy atom. The van der Waals surface area contributed by atoms with Gasteiger partial charge in [-0.1, -0.05) is 6.07 Å². The zero-order valence-corrected chi connectivity index (χ0v) is 11.3. The van der Waals surface area contributed by atoms with Gasteiger partial charge in [0.1, 0.15) is 5.75 Å². The fraction of sp³-hybridized carbons (Fsp3) is 0. The molecule has 7 heteroatoms. The Kier molecular flexibility index (Phi) is 3.78. The highest BCUT2D eigenvalue weighted by atomic mass is 79.9. The van der Waals surface area contributed by atoms with Gasteiger partial charge < -0.3 is 10.5 Å². The summed E-state index contributed by atoms with van der Waals surface area (Å²) in [4.78, 5) is 18.7. The monoisotopic (exact) mass is 327 g/mol. The van der Waals surface area contributed by atoms with Crippen molar-refractivity contribution in [2.24, 2.45) is 5.73 Å². The maximum Gasteiger partial charge on any atom is 0.248 e. The average Bonchev–Trinajstić information content (AvgIpc) is 2.34. The van der Waals surface area contributed by atoms with E-state index >= 15 is 0 Å². The second-order valence-corrected chi connectivity index (χ2v) is 4.48. The second-order valence-electron chi connectivity index (χ2n) is 3.29. The van der Waals surface area contributed by atoms with Crippen molar-refractivity contribution in [2.45, 2.75) is 0 Å². The summed E-state index contributed by atoms with van der Waals surface area (Å²) in [6.07, 6.45) is 1.47. The van der Waals surface area contributed by atoms with Crippen molar-refractivity contribution in [2.75, 3.05) is 0 Å². The molecule has 0 bridgehead atoms. The molecule has 0 unspecified atom stereocenters. The number of primary amides is 1. The lowest BCUT2D eigenvalue weighted by Gasteiger charge is -2.07. The fourth-order valence-corrected chi connectivity index (χ4v) is 1.62. The first-order chi connectivity index (χ1) is 8.56. The molecule has 0 aliphatic heterocycles. The lowest BCUT2D eigenvalue weighted by molar-refractivity contribution is 0.1000. The third-order valence-electron chi connectivity index (χ3n) is 2.02. The lowest BCUT2D eigenvalue weighted by Crippen LogP contribution is -2.10. The molecule has 0 aliphatic rings. The van der Waals surface area contributed by atoms with E-state index in [0.29, 0.717) is 15.8 Å². The number of nitrogens with zero attached hydrogens (tertiary/aromatic N) is 2. The molecule has 1 amide bonds. The molecule has 5 nitrogen and oxygen atoms in total. The predicted octanol–water partition coefficient (Wildman–Crippen LogP) is 2.78. The molecule has 2 rings (SSSR count). The van der Waals surface area contributed by atoms with E-state index in [1.165, 1.54) is 12.3 Å². The van der Waals surface area contributed by atoms with Crippen molar-refractivity contribution in [1.82, 2.24) is 9.97 Å². The van der Waals surface area contributed by atoms with Crippen LogP contribution in [0.2, 0.25) is 5.28 Å². The minimum absolute atomic E-state index is 0.0688. The van der Waals surface area contributed by atoms with Crippen LogP contribution in [-0.4, -0.2) is 15.9 Å². The average molecular weight is 329 g/mol. The smallest absolute Gasteiger partial charge is 0.248 e. The van der Waals surface area contributed by atoms with Gasteiger partial charge in [0.2, 0.25) is 17.1 Å². The molecular weight excluding hydrogens is 321 g/mol. The van der Waals surface area contributed by atoms with E-state index in [-0.39, 0.29) is 11.2 Å².